The fraction of sp³-hybridized carbons (Fsp3) is 0. The number of nitrogens with zero attached hydrogens (tertiary/aromatic N) is 3. The molecular formula is C9H9N5O2. The Hall–Kier alpha value is -2.59. The maximum atomic E-state index is 10.5. The molecule has 4 N–H and O–H groups in total. The van der Waals surface area contributed by atoms with Gasteiger partial charge in [-0.3, -0.25) is 15.1 Å². The van der Waals surface area contributed by atoms with Gasteiger partial charge in [0.1, 0.15) is 6.07 Å². The quantitative estimate of drug-likeness (QED) is 0.435. The minimum Gasteiger partial charge on any atom is -0.403 e. The molecule has 0 aliphatic carbocycles. The van der Waals surface area contributed by atoms with Gasteiger partial charge in [-0.2, -0.15) is 5.26 Å². The molecule has 16 heavy (non-hydrogen) atoms. The van der Waals surface area contributed by atoms with Crippen LogP contribution in [-0.2, 0) is 0 Å². The van der Waals surface area contributed by atoms with E-state index in [0.717, 1.165) is 11.1 Å². The molecule has 7 heteroatoms. The molecule has 0 atom stereocenters. The molecule has 82 valence electrons. The van der Waals surface area contributed by atoms with Gasteiger partial charge in [0.25, 0.3) is 5.69 Å². The molecular weight excluding hydrogens is 210 g/mol. The summed E-state index contributed by atoms with van der Waals surface area (Å²) < 4.78 is 0. The molecule has 0 radical (unpaired) electrons. The highest BCUT2D eigenvalue weighted by Crippen LogP contribution is 2.23. The Kier molecular flexibility index (Phi) is 3.42. The largest absolute Gasteiger partial charge is 0.403 e. The van der Waals surface area contributed by atoms with E-state index in [4.69, 9.17) is 16.8 Å². The lowest BCUT2D eigenvalue weighted by atomic mass is 10.1. The number of hydrazine groups is 1. The summed E-state index contributed by atoms with van der Waals surface area (Å²) in [5.41, 5.74) is 5.43. The first-order chi connectivity index (χ1) is 7.60. The van der Waals surface area contributed by atoms with E-state index >= 15 is 0 Å². The summed E-state index contributed by atoms with van der Waals surface area (Å²) in [5, 5.41) is 20.4. The Morgan fingerprint density at radius 2 is 2.25 bits per heavy atom. The maximum Gasteiger partial charge on any atom is 0.270 e. The molecule has 0 aliphatic heterocycles. The van der Waals surface area contributed by atoms with Crippen LogP contribution in [0.5, 0.6) is 0 Å². The Morgan fingerprint density at radius 1 is 1.56 bits per heavy atom. The molecule has 0 aromatic heterocycles. The topological polar surface area (TPSA) is 122 Å². The van der Waals surface area contributed by atoms with Crippen LogP contribution in [0.3, 0.4) is 0 Å². The summed E-state index contributed by atoms with van der Waals surface area (Å²) in [6.07, 6.45) is 2.53. The molecule has 0 amide bonds. The van der Waals surface area contributed by atoms with E-state index in [1.807, 2.05) is 6.07 Å². The second kappa shape index (κ2) is 4.77. The van der Waals surface area contributed by atoms with Crippen LogP contribution in [0.2, 0.25) is 0 Å². The van der Waals surface area contributed by atoms with E-state index in [2.05, 4.69) is 0 Å². The van der Waals surface area contributed by atoms with Crippen molar-refractivity contribution in [2.45, 2.75) is 0 Å². The third-order valence-electron chi connectivity index (χ3n) is 1.84. The molecule has 1 aromatic carbocycles. The molecule has 1 rings (SSSR count). The predicted octanol–water partition coefficient (Wildman–Crippen LogP) is 0.576. The van der Waals surface area contributed by atoms with E-state index in [-0.39, 0.29) is 11.3 Å². The number of hydrogen-bond acceptors (Lipinski definition) is 6. The number of benzene rings is 1. The summed E-state index contributed by atoms with van der Waals surface area (Å²) in [6.45, 7) is 0. The van der Waals surface area contributed by atoms with Gasteiger partial charge in [-0.15, -0.1) is 0 Å². The van der Waals surface area contributed by atoms with E-state index < -0.39 is 4.92 Å². The molecule has 0 spiro atoms. The molecule has 0 aliphatic rings. The molecule has 0 saturated heterocycles. The average Bonchev–Trinajstić information content (AvgIpc) is 2.28. The van der Waals surface area contributed by atoms with Gasteiger partial charge in [0, 0.05) is 24.5 Å². The van der Waals surface area contributed by atoms with Gasteiger partial charge in [0.05, 0.1) is 16.2 Å². The van der Waals surface area contributed by atoms with Crippen molar-refractivity contribution in [3.63, 3.8) is 0 Å². The highest BCUT2D eigenvalue weighted by atomic mass is 16.6. The third kappa shape index (κ3) is 2.26. The van der Waals surface area contributed by atoms with Crippen LogP contribution >= 0.6 is 0 Å². The molecule has 0 fully saturated rings. The number of rotatable bonds is 3. The zero-order valence-corrected chi connectivity index (χ0v) is 8.20. The Labute approximate surface area is 91.3 Å². The van der Waals surface area contributed by atoms with Gasteiger partial charge < -0.3 is 5.73 Å². The Balaban J connectivity index is 3.23. The first-order valence-corrected chi connectivity index (χ1v) is 4.21. The van der Waals surface area contributed by atoms with E-state index in [1.54, 1.807) is 0 Å². The van der Waals surface area contributed by atoms with Gasteiger partial charge in [0.2, 0.25) is 0 Å². The summed E-state index contributed by atoms with van der Waals surface area (Å²) in [5.74, 6) is 5.55. The maximum absolute atomic E-state index is 10.5. The number of non-ortho nitro benzene ring substituents is 1. The highest BCUT2D eigenvalue weighted by molar-refractivity contribution is 5.63. The number of nitrogens with two attached hydrogens (primary N) is 2. The van der Waals surface area contributed by atoms with E-state index in [9.17, 15) is 10.1 Å². The molecule has 0 bridgehead atoms. The van der Waals surface area contributed by atoms with Crippen molar-refractivity contribution in [3.8, 4) is 6.07 Å². The molecule has 1 aromatic rings. The number of hydrogen-bond donors (Lipinski definition) is 2. The molecule has 0 unspecified atom stereocenters. The third-order valence-corrected chi connectivity index (χ3v) is 1.84. The summed E-state index contributed by atoms with van der Waals surface area (Å²) >= 11 is 0. The van der Waals surface area contributed by atoms with Crippen molar-refractivity contribution >= 4 is 11.4 Å². The van der Waals surface area contributed by atoms with Crippen LogP contribution in [-0.4, -0.2) is 4.92 Å². The minimum atomic E-state index is -0.579. The van der Waals surface area contributed by atoms with Gasteiger partial charge in [-0.1, -0.05) is 0 Å². The first-order valence-electron chi connectivity index (χ1n) is 4.21. The lowest BCUT2D eigenvalue weighted by molar-refractivity contribution is -0.384. The van der Waals surface area contributed by atoms with Gasteiger partial charge in [0.15, 0.2) is 0 Å². The number of anilines is 1. The minimum absolute atomic E-state index is 0.106. The second-order valence-corrected chi connectivity index (χ2v) is 2.82. The van der Waals surface area contributed by atoms with Crippen LogP contribution in [0, 0.1) is 21.4 Å². The van der Waals surface area contributed by atoms with E-state index in [0.29, 0.717) is 5.69 Å². The molecule has 0 saturated carbocycles. The van der Waals surface area contributed by atoms with Gasteiger partial charge in [-0.25, -0.2) is 5.84 Å². The van der Waals surface area contributed by atoms with Crippen molar-refractivity contribution in [2.75, 3.05) is 5.01 Å². The van der Waals surface area contributed by atoms with Crippen LogP contribution in [0.15, 0.2) is 30.6 Å². The van der Waals surface area contributed by atoms with Gasteiger partial charge in [-0.05, 0) is 6.07 Å². The fourth-order valence-electron chi connectivity index (χ4n) is 1.13. The van der Waals surface area contributed by atoms with Crippen molar-refractivity contribution in [1.29, 1.82) is 5.26 Å². The first kappa shape index (κ1) is 11.5. The van der Waals surface area contributed by atoms with Crippen LogP contribution in [0.4, 0.5) is 11.4 Å². The zero-order chi connectivity index (χ0) is 12.1. The van der Waals surface area contributed by atoms with Crippen LogP contribution in [0.25, 0.3) is 0 Å². The van der Waals surface area contributed by atoms with Crippen molar-refractivity contribution < 1.29 is 4.92 Å². The Morgan fingerprint density at radius 3 is 2.75 bits per heavy atom. The number of nitriles is 1. The smallest absolute Gasteiger partial charge is 0.270 e. The van der Waals surface area contributed by atoms with Crippen LogP contribution in [0.1, 0.15) is 5.56 Å². The zero-order valence-electron chi connectivity index (χ0n) is 8.20. The highest BCUT2D eigenvalue weighted by Gasteiger charge is 2.12. The van der Waals surface area contributed by atoms with Crippen molar-refractivity contribution in [1.82, 2.24) is 0 Å². The Bertz CT molecular complexity index is 477. The second-order valence-electron chi connectivity index (χ2n) is 2.82. The lowest BCUT2D eigenvalue weighted by Crippen LogP contribution is -2.25. The average molecular weight is 219 g/mol. The fourth-order valence-corrected chi connectivity index (χ4v) is 1.13. The van der Waals surface area contributed by atoms with Gasteiger partial charge >= 0.3 is 0 Å². The standard InChI is InChI=1S/C9H9N5O2/c10-3-4-13(12)9-2-1-8(14(15)16)5-7(9)6-11/h1-5H,10,12H2/b4-3-. The number of nitro benzene ring substituents is 1. The summed E-state index contributed by atoms with van der Waals surface area (Å²) in [6, 6.07) is 5.63. The van der Waals surface area contributed by atoms with Crippen molar-refractivity contribution in [2.24, 2.45) is 11.6 Å². The number of nitro groups is 1. The normalized spacial score (nSPS) is 10.0. The SMILES string of the molecule is N#Cc1cc([N+](=O)[O-])ccc1N(N)/C=C\N. The van der Waals surface area contributed by atoms with Crippen molar-refractivity contribution in [3.05, 3.63) is 46.3 Å². The summed E-state index contributed by atoms with van der Waals surface area (Å²) in [7, 11) is 0. The van der Waals surface area contributed by atoms with Crippen LogP contribution < -0.4 is 16.6 Å². The lowest BCUT2D eigenvalue weighted by Gasteiger charge is -2.14. The summed E-state index contributed by atoms with van der Waals surface area (Å²) in [4.78, 5) is 9.91. The molecule has 7 nitrogen and oxygen atoms in total. The molecule has 0 heterocycles. The van der Waals surface area contributed by atoms with E-state index in [1.165, 1.54) is 24.5 Å². The predicted molar refractivity (Wildman–Crippen MR) is 57.8 cm³/mol. The monoisotopic (exact) mass is 219 g/mol.